The smallest absolute Gasteiger partial charge is 0.201 e. The summed E-state index contributed by atoms with van der Waals surface area (Å²) in [4.78, 5) is 0. The van der Waals surface area contributed by atoms with Gasteiger partial charge in [-0.2, -0.15) is 0 Å². The van der Waals surface area contributed by atoms with E-state index in [1.807, 2.05) is 0 Å². The molecular weight excluding hydrogens is 124 g/mol. The van der Waals surface area contributed by atoms with Gasteiger partial charge in [0, 0.05) is 12.6 Å². The summed E-state index contributed by atoms with van der Waals surface area (Å²) in [6.45, 7) is 7.19. The van der Waals surface area contributed by atoms with Crippen molar-refractivity contribution in [3.63, 3.8) is 0 Å². The van der Waals surface area contributed by atoms with Crippen molar-refractivity contribution in [2.75, 3.05) is 6.54 Å². The summed E-state index contributed by atoms with van der Waals surface area (Å²) in [5.74, 6) is 0. The van der Waals surface area contributed by atoms with E-state index in [1.165, 1.54) is 19.3 Å². The van der Waals surface area contributed by atoms with Gasteiger partial charge in [0.1, 0.15) is 0 Å². The third kappa shape index (κ3) is 2.20. The van der Waals surface area contributed by atoms with Crippen LogP contribution >= 0.6 is 0 Å². The monoisotopic (exact) mass is 141 g/mol. The van der Waals surface area contributed by atoms with Crippen LogP contribution in [0.4, 0.5) is 0 Å². The standard InChI is InChI=1S/C8H17N2/c1-3-4-5-8-6-9-7(2)10-8/h7-10H,2-6H2,1H3/q+1. The Kier molecular flexibility index (Phi) is 3.03. The zero-order chi connectivity index (χ0) is 7.40. The van der Waals surface area contributed by atoms with Gasteiger partial charge in [0.2, 0.25) is 6.17 Å². The summed E-state index contributed by atoms with van der Waals surface area (Å²) in [6.07, 6.45) is 4.18. The minimum absolute atomic E-state index is 0.279. The van der Waals surface area contributed by atoms with E-state index in [4.69, 9.17) is 0 Å². The summed E-state index contributed by atoms with van der Waals surface area (Å²) in [7, 11) is 0. The molecule has 2 heteroatoms. The average Bonchev–Trinajstić information content (AvgIpc) is 2.31. The molecule has 0 saturated carbocycles. The highest BCUT2D eigenvalue weighted by Crippen LogP contribution is 2.03. The van der Waals surface area contributed by atoms with Gasteiger partial charge >= 0.3 is 0 Å². The number of unbranched alkanes of at least 4 members (excludes halogenated alkanes) is 1. The van der Waals surface area contributed by atoms with Crippen LogP contribution in [0.15, 0.2) is 0 Å². The van der Waals surface area contributed by atoms with Gasteiger partial charge in [0.05, 0.1) is 6.92 Å². The van der Waals surface area contributed by atoms with E-state index in [0.717, 1.165) is 6.54 Å². The lowest BCUT2D eigenvalue weighted by Gasteiger charge is -2.05. The molecule has 0 aromatic heterocycles. The molecule has 58 valence electrons. The van der Waals surface area contributed by atoms with Crippen LogP contribution in [0.1, 0.15) is 26.2 Å². The van der Waals surface area contributed by atoms with E-state index in [-0.39, 0.29) is 6.17 Å². The molecule has 0 radical (unpaired) electrons. The lowest BCUT2D eigenvalue weighted by Crippen LogP contribution is -2.30. The van der Waals surface area contributed by atoms with E-state index >= 15 is 0 Å². The molecule has 0 aromatic carbocycles. The number of hydrogen-bond acceptors (Lipinski definition) is 2. The molecule has 2 atom stereocenters. The first kappa shape index (κ1) is 7.89. The molecule has 1 rings (SSSR count). The second kappa shape index (κ2) is 3.84. The summed E-state index contributed by atoms with van der Waals surface area (Å²) in [5, 5.41) is 6.62. The van der Waals surface area contributed by atoms with E-state index in [2.05, 4.69) is 24.5 Å². The molecule has 2 N–H and O–H groups in total. The molecule has 0 amide bonds. The van der Waals surface area contributed by atoms with Crippen molar-refractivity contribution < 1.29 is 0 Å². The zero-order valence-corrected chi connectivity index (χ0v) is 6.69. The van der Waals surface area contributed by atoms with Crippen LogP contribution in [-0.2, 0) is 0 Å². The van der Waals surface area contributed by atoms with Gasteiger partial charge in [0.15, 0.2) is 0 Å². The molecular formula is C8H17N2+. The Balaban J connectivity index is 2.06. The molecule has 0 spiro atoms. The van der Waals surface area contributed by atoms with Crippen LogP contribution < -0.4 is 10.6 Å². The summed E-state index contributed by atoms with van der Waals surface area (Å²) in [6, 6.07) is 0.669. The summed E-state index contributed by atoms with van der Waals surface area (Å²) in [5.41, 5.74) is 0. The highest BCUT2D eigenvalue weighted by molar-refractivity contribution is 4.83. The maximum absolute atomic E-state index is 3.87. The van der Waals surface area contributed by atoms with Gasteiger partial charge in [-0.25, -0.2) is 0 Å². The highest BCUT2D eigenvalue weighted by Gasteiger charge is 2.22. The Morgan fingerprint density at radius 3 is 2.90 bits per heavy atom. The maximum atomic E-state index is 3.87. The Hall–Kier alpha value is -0.210. The quantitative estimate of drug-likeness (QED) is 0.571. The Labute approximate surface area is 63.4 Å². The molecule has 1 aliphatic rings. The molecule has 0 bridgehead atoms. The fourth-order valence-corrected chi connectivity index (χ4v) is 1.32. The normalized spacial score (nSPS) is 32.9. The summed E-state index contributed by atoms with van der Waals surface area (Å²) < 4.78 is 0. The average molecular weight is 141 g/mol. The second-order valence-electron chi connectivity index (χ2n) is 2.97. The van der Waals surface area contributed by atoms with Crippen LogP contribution in [-0.4, -0.2) is 18.8 Å². The molecule has 10 heavy (non-hydrogen) atoms. The minimum Gasteiger partial charge on any atom is -0.262 e. The van der Waals surface area contributed by atoms with E-state index in [0.29, 0.717) is 6.04 Å². The van der Waals surface area contributed by atoms with E-state index in [9.17, 15) is 0 Å². The van der Waals surface area contributed by atoms with Crippen molar-refractivity contribution in [1.82, 2.24) is 10.6 Å². The van der Waals surface area contributed by atoms with Crippen molar-refractivity contribution in [3.8, 4) is 0 Å². The van der Waals surface area contributed by atoms with Crippen molar-refractivity contribution >= 4 is 0 Å². The SMILES string of the molecule is [CH2+]C1NCC(CCCC)N1. The number of hydrogen-bond donors (Lipinski definition) is 2. The van der Waals surface area contributed by atoms with Crippen LogP contribution in [0, 0.1) is 6.92 Å². The number of nitrogens with one attached hydrogen (secondary N) is 2. The fraction of sp³-hybridized carbons (Fsp3) is 0.875. The van der Waals surface area contributed by atoms with Gasteiger partial charge in [-0.05, 0) is 6.42 Å². The molecule has 2 nitrogen and oxygen atoms in total. The first-order valence-corrected chi connectivity index (χ1v) is 4.15. The molecule has 1 heterocycles. The summed E-state index contributed by atoms with van der Waals surface area (Å²) >= 11 is 0. The zero-order valence-electron chi connectivity index (χ0n) is 6.69. The highest BCUT2D eigenvalue weighted by atomic mass is 15.2. The van der Waals surface area contributed by atoms with Gasteiger partial charge in [-0.15, -0.1) is 0 Å². The number of rotatable bonds is 3. The van der Waals surface area contributed by atoms with Crippen LogP contribution in [0.5, 0.6) is 0 Å². The second-order valence-corrected chi connectivity index (χ2v) is 2.97. The minimum atomic E-state index is 0.279. The predicted octanol–water partition coefficient (Wildman–Crippen LogP) is 0.898. The van der Waals surface area contributed by atoms with Gasteiger partial charge in [0.25, 0.3) is 0 Å². The van der Waals surface area contributed by atoms with E-state index in [1.54, 1.807) is 0 Å². The van der Waals surface area contributed by atoms with Crippen molar-refractivity contribution in [2.24, 2.45) is 0 Å². The third-order valence-electron chi connectivity index (χ3n) is 1.95. The van der Waals surface area contributed by atoms with Crippen molar-refractivity contribution in [1.29, 1.82) is 0 Å². The predicted molar refractivity (Wildman–Crippen MR) is 43.6 cm³/mol. The Morgan fingerprint density at radius 1 is 1.60 bits per heavy atom. The van der Waals surface area contributed by atoms with Crippen molar-refractivity contribution in [3.05, 3.63) is 6.92 Å². The molecule has 0 aliphatic carbocycles. The first-order valence-electron chi connectivity index (χ1n) is 4.15. The lowest BCUT2D eigenvalue weighted by atomic mass is 10.1. The molecule has 0 aromatic rings. The van der Waals surface area contributed by atoms with Crippen LogP contribution in [0.3, 0.4) is 0 Å². The third-order valence-corrected chi connectivity index (χ3v) is 1.95. The first-order chi connectivity index (χ1) is 4.83. The Bertz CT molecular complexity index is 93.3. The van der Waals surface area contributed by atoms with Crippen molar-refractivity contribution in [2.45, 2.75) is 38.4 Å². The molecule has 1 fully saturated rings. The fourth-order valence-electron chi connectivity index (χ4n) is 1.32. The molecule has 2 unspecified atom stereocenters. The molecule has 1 aliphatic heterocycles. The van der Waals surface area contributed by atoms with Crippen LogP contribution in [0.25, 0.3) is 0 Å². The topological polar surface area (TPSA) is 24.1 Å². The Morgan fingerprint density at radius 2 is 2.40 bits per heavy atom. The van der Waals surface area contributed by atoms with Gasteiger partial charge in [-0.1, -0.05) is 19.8 Å². The maximum Gasteiger partial charge on any atom is 0.201 e. The van der Waals surface area contributed by atoms with E-state index < -0.39 is 0 Å². The van der Waals surface area contributed by atoms with Gasteiger partial charge < -0.3 is 0 Å². The lowest BCUT2D eigenvalue weighted by molar-refractivity contribution is 0.531. The van der Waals surface area contributed by atoms with Crippen LogP contribution in [0.2, 0.25) is 0 Å². The largest absolute Gasteiger partial charge is 0.262 e. The van der Waals surface area contributed by atoms with Gasteiger partial charge in [-0.3, -0.25) is 10.6 Å². The molecule has 1 saturated heterocycles.